The first-order valence-corrected chi connectivity index (χ1v) is 8.16. The van der Waals surface area contributed by atoms with E-state index < -0.39 is 0 Å². The highest BCUT2D eigenvalue weighted by Crippen LogP contribution is 2.31. The summed E-state index contributed by atoms with van der Waals surface area (Å²) in [7, 11) is 4.00. The Bertz CT molecular complexity index is 528. The van der Waals surface area contributed by atoms with E-state index in [4.69, 9.17) is 4.74 Å². The highest BCUT2D eigenvalue weighted by atomic mass is 16.5. The van der Waals surface area contributed by atoms with Gasteiger partial charge in [0.05, 0.1) is 12.7 Å². The van der Waals surface area contributed by atoms with Crippen LogP contribution < -0.4 is 4.90 Å². The average Bonchev–Trinajstić information content (AvgIpc) is 3.37. The monoisotopic (exact) mass is 303 g/mol. The molecule has 22 heavy (non-hydrogen) atoms. The van der Waals surface area contributed by atoms with Gasteiger partial charge in [0, 0.05) is 39.3 Å². The second-order valence-corrected chi connectivity index (χ2v) is 6.51. The number of ether oxygens (including phenoxy) is 1. The van der Waals surface area contributed by atoms with E-state index in [1.165, 1.54) is 5.56 Å². The second-order valence-electron chi connectivity index (χ2n) is 6.51. The van der Waals surface area contributed by atoms with Crippen molar-refractivity contribution in [3.05, 3.63) is 23.9 Å². The van der Waals surface area contributed by atoms with Crippen molar-refractivity contribution in [3.8, 4) is 0 Å². The standard InChI is InChI=1S/C17H25N3O2/c1-19(2)16-11-13(7-8-18-16)3-6-15-12-20(9-10-22-15)17(21)14-4-5-14/h7-8,11,14-15H,3-6,9-10,12H2,1-2H3. The third-order valence-electron chi connectivity index (χ3n) is 4.40. The Hall–Kier alpha value is -1.62. The summed E-state index contributed by atoms with van der Waals surface area (Å²) in [4.78, 5) is 20.5. The molecule has 3 rings (SSSR count). The van der Waals surface area contributed by atoms with Gasteiger partial charge in [0.25, 0.3) is 0 Å². The molecule has 1 aliphatic carbocycles. The lowest BCUT2D eigenvalue weighted by Crippen LogP contribution is -2.46. The molecule has 5 nitrogen and oxygen atoms in total. The summed E-state index contributed by atoms with van der Waals surface area (Å²) in [6.07, 6.45) is 6.07. The van der Waals surface area contributed by atoms with Crippen LogP contribution in [0.25, 0.3) is 0 Å². The molecule has 2 fully saturated rings. The predicted octanol–water partition coefficient (Wildman–Crippen LogP) is 1.72. The Balaban J connectivity index is 1.52. The molecule has 120 valence electrons. The van der Waals surface area contributed by atoms with Gasteiger partial charge in [-0.2, -0.15) is 0 Å². The molecule has 0 bridgehead atoms. The molecule has 0 aromatic carbocycles. The smallest absolute Gasteiger partial charge is 0.225 e. The van der Waals surface area contributed by atoms with Crippen molar-refractivity contribution in [1.29, 1.82) is 0 Å². The van der Waals surface area contributed by atoms with E-state index in [2.05, 4.69) is 17.1 Å². The van der Waals surface area contributed by atoms with Crippen molar-refractivity contribution in [2.24, 2.45) is 5.92 Å². The highest BCUT2D eigenvalue weighted by Gasteiger charge is 2.35. The molecule has 1 amide bonds. The summed E-state index contributed by atoms with van der Waals surface area (Å²) in [6.45, 7) is 2.18. The topological polar surface area (TPSA) is 45.7 Å². The summed E-state index contributed by atoms with van der Waals surface area (Å²) in [5.41, 5.74) is 1.27. The van der Waals surface area contributed by atoms with Crippen molar-refractivity contribution in [1.82, 2.24) is 9.88 Å². The van der Waals surface area contributed by atoms with E-state index in [9.17, 15) is 4.79 Å². The zero-order chi connectivity index (χ0) is 15.5. The number of amides is 1. The first-order valence-electron chi connectivity index (χ1n) is 8.16. The number of carbonyl (C=O) groups excluding carboxylic acids is 1. The third-order valence-corrected chi connectivity index (χ3v) is 4.40. The van der Waals surface area contributed by atoms with Crippen LogP contribution >= 0.6 is 0 Å². The lowest BCUT2D eigenvalue weighted by Gasteiger charge is -2.33. The van der Waals surface area contributed by atoms with Crippen molar-refractivity contribution >= 4 is 11.7 Å². The van der Waals surface area contributed by atoms with Crippen LogP contribution in [-0.2, 0) is 16.0 Å². The maximum atomic E-state index is 12.2. The Morgan fingerprint density at radius 3 is 3.00 bits per heavy atom. The van der Waals surface area contributed by atoms with Crippen LogP contribution in [0, 0.1) is 5.92 Å². The molecule has 5 heteroatoms. The maximum absolute atomic E-state index is 12.2. The van der Waals surface area contributed by atoms with Crippen LogP contribution in [0.15, 0.2) is 18.3 Å². The van der Waals surface area contributed by atoms with Crippen LogP contribution in [0.3, 0.4) is 0 Å². The van der Waals surface area contributed by atoms with E-state index in [1.54, 1.807) is 0 Å². The Labute approximate surface area is 132 Å². The number of hydrogen-bond donors (Lipinski definition) is 0. The highest BCUT2D eigenvalue weighted by molar-refractivity contribution is 5.81. The van der Waals surface area contributed by atoms with Gasteiger partial charge in [-0.1, -0.05) is 0 Å². The van der Waals surface area contributed by atoms with Crippen LogP contribution in [0.5, 0.6) is 0 Å². The largest absolute Gasteiger partial charge is 0.375 e. The molecule has 0 spiro atoms. The predicted molar refractivity (Wildman–Crippen MR) is 85.9 cm³/mol. The van der Waals surface area contributed by atoms with E-state index >= 15 is 0 Å². The molecule has 2 heterocycles. The maximum Gasteiger partial charge on any atom is 0.225 e. The van der Waals surface area contributed by atoms with Gasteiger partial charge in [-0.15, -0.1) is 0 Å². The van der Waals surface area contributed by atoms with E-state index in [0.29, 0.717) is 18.4 Å². The lowest BCUT2D eigenvalue weighted by molar-refractivity contribution is -0.140. The number of morpholine rings is 1. The Morgan fingerprint density at radius 2 is 2.27 bits per heavy atom. The van der Waals surface area contributed by atoms with Gasteiger partial charge in [-0.05, 0) is 43.4 Å². The van der Waals surface area contributed by atoms with Gasteiger partial charge in [0.1, 0.15) is 5.82 Å². The molecule has 0 radical (unpaired) electrons. The fraction of sp³-hybridized carbons (Fsp3) is 0.647. The van der Waals surface area contributed by atoms with Gasteiger partial charge in [0.15, 0.2) is 0 Å². The number of carbonyl (C=O) groups is 1. The number of pyridine rings is 1. The van der Waals surface area contributed by atoms with Gasteiger partial charge in [0.2, 0.25) is 5.91 Å². The number of aromatic nitrogens is 1. The Morgan fingerprint density at radius 1 is 1.45 bits per heavy atom. The number of aryl methyl sites for hydroxylation is 1. The van der Waals surface area contributed by atoms with Gasteiger partial charge in [-0.3, -0.25) is 4.79 Å². The first-order chi connectivity index (χ1) is 10.6. The molecule has 1 atom stereocenters. The van der Waals surface area contributed by atoms with Crippen molar-refractivity contribution in [2.45, 2.75) is 31.8 Å². The zero-order valence-electron chi connectivity index (χ0n) is 13.5. The van der Waals surface area contributed by atoms with Crippen LogP contribution in [0.4, 0.5) is 5.82 Å². The molecular formula is C17H25N3O2. The SMILES string of the molecule is CN(C)c1cc(CCC2CN(C(=O)C3CC3)CCO2)ccn1. The number of anilines is 1. The number of nitrogens with zero attached hydrogens (tertiary/aromatic N) is 3. The van der Waals surface area contributed by atoms with Crippen molar-refractivity contribution < 1.29 is 9.53 Å². The lowest BCUT2D eigenvalue weighted by atomic mass is 10.1. The summed E-state index contributed by atoms with van der Waals surface area (Å²) in [6, 6.07) is 4.18. The molecule has 0 N–H and O–H groups in total. The fourth-order valence-electron chi connectivity index (χ4n) is 2.87. The molecule has 1 aromatic rings. The van der Waals surface area contributed by atoms with Crippen molar-refractivity contribution in [2.75, 3.05) is 38.7 Å². The molecule has 1 saturated carbocycles. The minimum Gasteiger partial charge on any atom is -0.375 e. The summed E-state index contributed by atoms with van der Waals surface area (Å²) >= 11 is 0. The molecule has 2 aliphatic rings. The van der Waals surface area contributed by atoms with E-state index in [0.717, 1.165) is 44.6 Å². The van der Waals surface area contributed by atoms with Crippen molar-refractivity contribution in [3.63, 3.8) is 0 Å². The quantitative estimate of drug-likeness (QED) is 0.831. The third kappa shape index (κ3) is 3.77. The first kappa shape index (κ1) is 15.3. The fourth-order valence-corrected chi connectivity index (χ4v) is 2.87. The van der Waals surface area contributed by atoms with E-state index in [1.807, 2.05) is 30.1 Å². The van der Waals surface area contributed by atoms with Crippen LogP contribution in [-0.4, -0.2) is 55.7 Å². The second kappa shape index (κ2) is 6.65. The normalized spacial score (nSPS) is 21.7. The van der Waals surface area contributed by atoms with E-state index in [-0.39, 0.29) is 6.10 Å². The average molecular weight is 303 g/mol. The molecule has 1 saturated heterocycles. The Kier molecular flexibility index (Phi) is 4.62. The summed E-state index contributed by atoms with van der Waals surface area (Å²) < 4.78 is 5.84. The minimum atomic E-state index is 0.160. The summed E-state index contributed by atoms with van der Waals surface area (Å²) in [5.74, 6) is 1.63. The van der Waals surface area contributed by atoms with Crippen LogP contribution in [0.2, 0.25) is 0 Å². The molecule has 1 aromatic heterocycles. The molecule has 1 aliphatic heterocycles. The number of hydrogen-bond acceptors (Lipinski definition) is 4. The van der Waals surface area contributed by atoms with Gasteiger partial charge < -0.3 is 14.5 Å². The van der Waals surface area contributed by atoms with Gasteiger partial charge in [-0.25, -0.2) is 4.98 Å². The minimum absolute atomic E-state index is 0.160. The van der Waals surface area contributed by atoms with Gasteiger partial charge >= 0.3 is 0 Å². The number of rotatable bonds is 5. The molecule has 1 unspecified atom stereocenters. The zero-order valence-corrected chi connectivity index (χ0v) is 13.5. The summed E-state index contributed by atoms with van der Waals surface area (Å²) in [5, 5.41) is 0. The van der Waals surface area contributed by atoms with Crippen LogP contribution in [0.1, 0.15) is 24.8 Å². The molecular weight excluding hydrogens is 278 g/mol.